The molecule has 0 unspecified atom stereocenters. The van der Waals surface area contributed by atoms with Gasteiger partial charge in [-0.3, -0.25) is 18.7 Å². The van der Waals surface area contributed by atoms with Crippen LogP contribution in [-0.2, 0) is 25.3 Å². The van der Waals surface area contributed by atoms with Crippen molar-refractivity contribution in [2.45, 2.75) is 13.3 Å². The maximum absolute atomic E-state index is 12.4. The number of hydrogen-bond donors (Lipinski definition) is 2. The third-order valence-corrected chi connectivity index (χ3v) is 5.10. The number of aryl methyl sites for hydroxylation is 1. The van der Waals surface area contributed by atoms with Crippen LogP contribution in [0.5, 0.6) is 0 Å². The van der Waals surface area contributed by atoms with E-state index >= 15 is 0 Å². The average Bonchev–Trinajstić information content (AvgIpc) is 3.08. The van der Waals surface area contributed by atoms with Crippen LogP contribution in [0.3, 0.4) is 0 Å². The third kappa shape index (κ3) is 3.54. The van der Waals surface area contributed by atoms with Crippen molar-refractivity contribution < 1.29 is 4.79 Å². The second-order valence-corrected chi connectivity index (χ2v) is 7.08. The number of aromatic nitrogens is 3. The fraction of sp³-hybridized carbons (Fsp3) is 0.222. The van der Waals surface area contributed by atoms with Crippen LogP contribution in [0, 0.1) is 6.92 Å². The lowest BCUT2D eigenvalue weighted by molar-refractivity contribution is -0.115. The summed E-state index contributed by atoms with van der Waals surface area (Å²) in [6, 6.07) is 7.49. The van der Waals surface area contributed by atoms with Gasteiger partial charge in [0.15, 0.2) is 0 Å². The van der Waals surface area contributed by atoms with Gasteiger partial charge in [0, 0.05) is 25.2 Å². The number of para-hydroxylation sites is 1. The molecule has 0 saturated carbocycles. The van der Waals surface area contributed by atoms with E-state index in [1.165, 1.54) is 30.0 Å². The maximum atomic E-state index is 12.4. The number of hydrogen-bond acceptors (Lipinski definition) is 6. The molecule has 140 valence electrons. The lowest BCUT2D eigenvalue weighted by Gasteiger charge is -2.09. The minimum absolute atomic E-state index is 0.0457. The van der Waals surface area contributed by atoms with Crippen molar-refractivity contribution in [2.75, 3.05) is 11.1 Å². The summed E-state index contributed by atoms with van der Waals surface area (Å²) in [5.74, 6) is -0.157. The molecule has 3 rings (SSSR count). The van der Waals surface area contributed by atoms with Crippen molar-refractivity contribution in [3.05, 3.63) is 61.1 Å². The van der Waals surface area contributed by atoms with Crippen LogP contribution in [0.4, 0.5) is 11.5 Å². The summed E-state index contributed by atoms with van der Waals surface area (Å²) in [4.78, 5) is 41.0. The molecule has 27 heavy (non-hydrogen) atoms. The van der Waals surface area contributed by atoms with E-state index < -0.39 is 11.2 Å². The van der Waals surface area contributed by atoms with E-state index in [9.17, 15) is 14.4 Å². The molecule has 9 heteroatoms. The standard InChI is InChI=1S/C18H19N5O3S/c1-10-6-4-5-7-11(10)20-13(24)8-14-21-12(9-27-14)15-16(19)22(2)18(26)23(3)17(15)25/h4-7,9H,8,19H2,1-3H3,(H,20,24). The maximum Gasteiger partial charge on any atom is 0.332 e. The number of carbonyl (C=O) groups excluding carboxylic acids is 1. The van der Waals surface area contributed by atoms with Crippen molar-refractivity contribution in [3.63, 3.8) is 0 Å². The SMILES string of the molecule is Cc1ccccc1NC(=O)Cc1nc(-c2c(N)n(C)c(=O)n(C)c2=O)cs1. The van der Waals surface area contributed by atoms with Gasteiger partial charge in [0.25, 0.3) is 5.56 Å². The first-order valence-electron chi connectivity index (χ1n) is 8.15. The Hall–Kier alpha value is -3.20. The Morgan fingerprint density at radius 3 is 2.63 bits per heavy atom. The highest BCUT2D eigenvalue weighted by Gasteiger charge is 2.18. The lowest BCUT2D eigenvalue weighted by atomic mass is 10.2. The highest BCUT2D eigenvalue weighted by molar-refractivity contribution is 7.10. The number of carbonyl (C=O) groups is 1. The van der Waals surface area contributed by atoms with E-state index in [0.29, 0.717) is 10.7 Å². The van der Waals surface area contributed by atoms with Gasteiger partial charge in [0.05, 0.1) is 12.1 Å². The lowest BCUT2D eigenvalue weighted by Crippen LogP contribution is -2.39. The second-order valence-electron chi connectivity index (χ2n) is 6.13. The molecule has 1 amide bonds. The average molecular weight is 385 g/mol. The van der Waals surface area contributed by atoms with Gasteiger partial charge < -0.3 is 11.1 Å². The van der Waals surface area contributed by atoms with Crippen LogP contribution < -0.4 is 22.3 Å². The molecule has 2 aromatic heterocycles. The van der Waals surface area contributed by atoms with Gasteiger partial charge in [0.2, 0.25) is 5.91 Å². The van der Waals surface area contributed by atoms with Crippen LogP contribution in [0.1, 0.15) is 10.6 Å². The van der Waals surface area contributed by atoms with Gasteiger partial charge in [-0.25, -0.2) is 9.78 Å². The number of amides is 1. The molecule has 3 N–H and O–H groups in total. The molecule has 0 atom stereocenters. The number of benzene rings is 1. The summed E-state index contributed by atoms with van der Waals surface area (Å²) in [7, 11) is 2.88. The number of anilines is 2. The highest BCUT2D eigenvalue weighted by Crippen LogP contribution is 2.23. The first kappa shape index (κ1) is 18.6. The molecule has 3 aromatic rings. The van der Waals surface area contributed by atoms with Gasteiger partial charge in [-0.1, -0.05) is 18.2 Å². The van der Waals surface area contributed by atoms with E-state index in [-0.39, 0.29) is 23.7 Å². The molecule has 0 aliphatic carbocycles. The van der Waals surface area contributed by atoms with Gasteiger partial charge in [-0.15, -0.1) is 11.3 Å². The zero-order valence-electron chi connectivity index (χ0n) is 15.1. The predicted octanol–water partition coefficient (Wildman–Crippen LogP) is 1.28. The van der Waals surface area contributed by atoms with Crippen LogP contribution in [0.15, 0.2) is 39.2 Å². The Balaban J connectivity index is 1.86. The van der Waals surface area contributed by atoms with Crippen LogP contribution in [0.2, 0.25) is 0 Å². The quantitative estimate of drug-likeness (QED) is 0.703. The summed E-state index contributed by atoms with van der Waals surface area (Å²) in [6.45, 7) is 1.91. The van der Waals surface area contributed by atoms with Crippen molar-refractivity contribution in [1.82, 2.24) is 14.1 Å². The van der Waals surface area contributed by atoms with Crippen LogP contribution >= 0.6 is 11.3 Å². The topological polar surface area (TPSA) is 112 Å². The molecule has 0 aliphatic rings. The van der Waals surface area contributed by atoms with Gasteiger partial charge in [-0.2, -0.15) is 0 Å². The summed E-state index contributed by atoms with van der Waals surface area (Å²) < 4.78 is 2.18. The van der Waals surface area contributed by atoms with Crippen LogP contribution in [-0.4, -0.2) is 20.0 Å². The Morgan fingerprint density at radius 1 is 1.22 bits per heavy atom. The molecule has 0 saturated heterocycles. The number of nitrogens with zero attached hydrogens (tertiary/aromatic N) is 3. The van der Waals surface area contributed by atoms with Gasteiger partial charge in [0.1, 0.15) is 16.4 Å². The summed E-state index contributed by atoms with van der Waals surface area (Å²) in [5, 5.41) is 5.06. The largest absolute Gasteiger partial charge is 0.384 e. The van der Waals surface area contributed by atoms with Crippen molar-refractivity contribution in [2.24, 2.45) is 14.1 Å². The molecule has 0 bridgehead atoms. The molecule has 0 radical (unpaired) electrons. The van der Waals surface area contributed by atoms with Crippen LogP contribution in [0.25, 0.3) is 11.3 Å². The Kier molecular flexibility index (Phi) is 4.95. The number of thiazole rings is 1. The van der Waals surface area contributed by atoms with Crippen molar-refractivity contribution >= 4 is 28.7 Å². The normalized spacial score (nSPS) is 10.8. The Bertz CT molecular complexity index is 1140. The number of nitrogen functional groups attached to an aromatic ring is 1. The van der Waals surface area contributed by atoms with Crippen molar-refractivity contribution in [3.8, 4) is 11.3 Å². The summed E-state index contributed by atoms with van der Waals surface area (Å²) in [6.07, 6.45) is 0.0744. The first-order valence-corrected chi connectivity index (χ1v) is 9.03. The predicted molar refractivity (Wildman–Crippen MR) is 106 cm³/mol. The van der Waals surface area contributed by atoms with E-state index in [0.717, 1.165) is 15.8 Å². The smallest absolute Gasteiger partial charge is 0.332 e. The summed E-state index contributed by atoms with van der Waals surface area (Å²) in [5.41, 5.74) is 7.15. The third-order valence-electron chi connectivity index (χ3n) is 4.25. The zero-order valence-corrected chi connectivity index (χ0v) is 16.0. The van der Waals surface area contributed by atoms with Gasteiger partial charge >= 0.3 is 5.69 Å². The molecule has 0 aliphatic heterocycles. The first-order chi connectivity index (χ1) is 12.8. The van der Waals surface area contributed by atoms with E-state index in [1.807, 2.05) is 31.2 Å². The Morgan fingerprint density at radius 2 is 1.93 bits per heavy atom. The summed E-state index contributed by atoms with van der Waals surface area (Å²) >= 11 is 1.26. The van der Waals surface area contributed by atoms with Gasteiger partial charge in [-0.05, 0) is 18.6 Å². The minimum Gasteiger partial charge on any atom is -0.384 e. The molecular formula is C18H19N5O3S. The Labute approximate surface area is 158 Å². The molecule has 0 fully saturated rings. The molecule has 8 nitrogen and oxygen atoms in total. The zero-order chi connectivity index (χ0) is 19.7. The minimum atomic E-state index is -0.517. The van der Waals surface area contributed by atoms with E-state index in [4.69, 9.17) is 5.73 Å². The number of nitrogens with one attached hydrogen (secondary N) is 1. The highest BCUT2D eigenvalue weighted by atomic mass is 32.1. The van der Waals surface area contributed by atoms with E-state index in [1.54, 1.807) is 5.38 Å². The molecule has 1 aromatic carbocycles. The fourth-order valence-corrected chi connectivity index (χ4v) is 3.44. The van der Waals surface area contributed by atoms with E-state index in [2.05, 4.69) is 10.3 Å². The molecular weight excluding hydrogens is 366 g/mol. The molecule has 2 heterocycles. The number of rotatable bonds is 4. The second kappa shape index (κ2) is 7.20. The fourth-order valence-electron chi connectivity index (χ4n) is 2.65. The monoisotopic (exact) mass is 385 g/mol. The van der Waals surface area contributed by atoms with Crippen molar-refractivity contribution in [1.29, 1.82) is 0 Å². The number of nitrogens with two attached hydrogens (primary N) is 1. The molecule has 0 spiro atoms.